The number of hydrogen-bond acceptors (Lipinski definition) is 3. The number of hydrogen-bond donors (Lipinski definition) is 2. The fraction of sp³-hybridized carbons (Fsp3) is 0.867. The highest BCUT2D eigenvalue weighted by atomic mass is 16.4. The predicted molar refractivity (Wildman–Crippen MR) is 133 cm³/mol. The van der Waals surface area contributed by atoms with Gasteiger partial charge in [-0.25, -0.2) is 0 Å². The molecule has 0 aromatic carbocycles. The van der Waals surface area contributed by atoms with Gasteiger partial charge < -0.3 is 10.2 Å². The Hall–Kier alpha value is -1.16. The van der Waals surface area contributed by atoms with Gasteiger partial charge in [0.25, 0.3) is 0 Å². The smallest absolute Gasteiger partial charge is 0.310 e. The van der Waals surface area contributed by atoms with Crippen molar-refractivity contribution >= 4 is 11.8 Å². The summed E-state index contributed by atoms with van der Waals surface area (Å²) in [5, 5.41) is 21.3. The van der Waals surface area contributed by atoms with Crippen molar-refractivity contribution in [2.75, 3.05) is 0 Å². The normalized spacial score (nSPS) is 54.1. The molecule has 34 heavy (non-hydrogen) atoms. The molecule has 4 heteroatoms. The summed E-state index contributed by atoms with van der Waals surface area (Å²) in [4.78, 5) is 25.9. The zero-order valence-corrected chi connectivity index (χ0v) is 22.4. The molecule has 190 valence electrons. The number of aliphatic hydroxyl groups excluding tert-OH is 1. The Morgan fingerprint density at radius 1 is 0.971 bits per heavy atom. The van der Waals surface area contributed by atoms with Crippen molar-refractivity contribution in [2.24, 2.45) is 56.7 Å². The van der Waals surface area contributed by atoms with Gasteiger partial charge in [-0.2, -0.15) is 0 Å². The van der Waals surface area contributed by atoms with Gasteiger partial charge >= 0.3 is 5.97 Å². The minimum Gasteiger partial charge on any atom is -0.481 e. The van der Waals surface area contributed by atoms with E-state index in [0.29, 0.717) is 30.1 Å². The number of carboxylic acid groups (broad SMARTS) is 1. The average molecular weight is 471 g/mol. The first kappa shape index (κ1) is 24.5. The zero-order chi connectivity index (χ0) is 25.1. The van der Waals surface area contributed by atoms with Crippen LogP contribution in [0.2, 0.25) is 0 Å². The SMILES string of the molecule is C[C@H]1[C@H](C)CCC2(C(=O)O)CC[C@]3(C)C(=CC[C@@H]4C5(C)CC(=O)[C@H](O)C(C)(C)[C@@H]5CC[C@]43C)[C@H]12. The van der Waals surface area contributed by atoms with E-state index >= 15 is 0 Å². The van der Waals surface area contributed by atoms with Gasteiger partial charge in [0, 0.05) is 11.8 Å². The summed E-state index contributed by atoms with van der Waals surface area (Å²) in [6.07, 6.45) is 8.62. The second kappa shape index (κ2) is 7.20. The highest BCUT2D eigenvalue weighted by Crippen LogP contribution is 2.75. The Morgan fingerprint density at radius 2 is 1.65 bits per heavy atom. The summed E-state index contributed by atoms with van der Waals surface area (Å²) in [5.41, 5.74) is 0.268. The zero-order valence-electron chi connectivity index (χ0n) is 22.4. The molecule has 5 aliphatic rings. The molecule has 5 rings (SSSR count). The summed E-state index contributed by atoms with van der Waals surface area (Å²) in [5.74, 6) is 1.14. The van der Waals surface area contributed by atoms with Crippen molar-refractivity contribution < 1.29 is 19.8 Å². The van der Waals surface area contributed by atoms with E-state index in [4.69, 9.17) is 0 Å². The number of carbonyl (C=O) groups excluding carboxylic acids is 1. The molecule has 0 saturated heterocycles. The number of carboxylic acids is 1. The van der Waals surface area contributed by atoms with Crippen molar-refractivity contribution in [3.63, 3.8) is 0 Å². The van der Waals surface area contributed by atoms with E-state index in [9.17, 15) is 19.8 Å². The van der Waals surface area contributed by atoms with Gasteiger partial charge in [0.15, 0.2) is 5.78 Å². The lowest BCUT2D eigenvalue weighted by molar-refractivity contribution is -0.205. The van der Waals surface area contributed by atoms with Gasteiger partial charge in [-0.15, -0.1) is 0 Å². The number of carbonyl (C=O) groups is 2. The molecule has 0 spiro atoms. The molecule has 10 atom stereocenters. The van der Waals surface area contributed by atoms with E-state index in [-0.39, 0.29) is 27.9 Å². The van der Waals surface area contributed by atoms with Crippen molar-refractivity contribution in [3.8, 4) is 0 Å². The molecule has 5 aliphatic carbocycles. The van der Waals surface area contributed by atoms with Crippen LogP contribution in [-0.2, 0) is 9.59 Å². The molecule has 4 saturated carbocycles. The fourth-order valence-corrected chi connectivity index (χ4v) is 10.8. The summed E-state index contributed by atoms with van der Waals surface area (Å²) < 4.78 is 0. The molecular weight excluding hydrogens is 424 g/mol. The predicted octanol–water partition coefficient (Wildman–Crippen LogP) is 6.27. The van der Waals surface area contributed by atoms with Gasteiger partial charge in [0.05, 0.1) is 5.41 Å². The van der Waals surface area contributed by atoms with E-state index in [1.807, 2.05) is 0 Å². The second-order valence-electron chi connectivity index (χ2n) is 14.5. The first-order chi connectivity index (χ1) is 15.7. The topological polar surface area (TPSA) is 74.6 Å². The molecule has 2 unspecified atom stereocenters. The maximum Gasteiger partial charge on any atom is 0.310 e. The highest BCUT2D eigenvalue weighted by Gasteiger charge is 2.70. The van der Waals surface area contributed by atoms with Crippen LogP contribution in [-0.4, -0.2) is 28.1 Å². The minimum absolute atomic E-state index is 0.0104. The first-order valence-electron chi connectivity index (χ1n) is 13.8. The number of fused-ring (bicyclic) bond motifs is 7. The molecule has 4 fully saturated rings. The van der Waals surface area contributed by atoms with Gasteiger partial charge in [-0.3, -0.25) is 9.59 Å². The largest absolute Gasteiger partial charge is 0.481 e. The van der Waals surface area contributed by atoms with E-state index in [1.165, 1.54) is 5.57 Å². The maximum atomic E-state index is 13.1. The monoisotopic (exact) mass is 470 g/mol. The van der Waals surface area contributed by atoms with Crippen LogP contribution in [0, 0.1) is 56.7 Å². The van der Waals surface area contributed by atoms with Crippen LogP contribution < -0.4 is 0 Å². The van der Waals surface area contributed by atoms with Gasteiger partial charge in [-0.05, 0) is 90.8 Å². The summed E-state index contributed by atoms with van der Waals surface area (Å²) >= 11 is 0. The second-order valence-corrected chi connectivity index (χ2v) is 14.5. The van der Waals surface area contributed by atoms with Crippen molar-refractivity contribution in [1.29, 1.82) is 0 Å². The molecule has 0 aromatic rings. The Kier molecular flexibility index (Phi) is 5.20. The van der Waals surface area contributed by atoms with E-state index < -0.39 is 22.9 Å². The Balaban J connectivity index is 1.63. The van der Waals surface area contributed by atoms with Crippen LogP contribution in [0.4, 0.5) is 0 Å². The molecular formula is C30H46O4. The Labute approximate surface area is 206 Å². The van der Waals surface area contributed by atoms with Crippen LogP contribution in [0.1, 0.15) is 99.8 Å². The highest BCUT2D eigenvalue weighted by molar-refractivity contribution is 5.85. The van der Waals surface area contributed by atoms with E-state index in [2.05, 4.69) is 54.5 Å². The van der Waals surface area contributed by atoms with Crippen LogP contribution in [0.5, 0.6) is 0 Å². The summed E-state index contributed by atoms with van der Waals surface area (Å²) in [6.45, 7) is 16.1. The molecule has 2 N–H and O–H groups in total. The van der Waals surface area contributed by atoms with Crippen LogP contribution >= 0.6 is 0 Å². The lowest BCUT2D eigenvalue weighted by Crippen LogP contribution is -2.66. The lowest BCUT2D eigenvalue weighted by Gasteiger charge is -2.71. The summed E-state index contributed by atoms with van der Waals surface area (Å²) in [7, 11) is 0. The number of ketones is 1. The van der Waals surface area contributed by atoms with Crippen molar-refractivity contribution in [3.05, 3.63) is 11.6 Å². The standard InChI is InChI=1S/C30H46O4/c1-17-10-13-30(25(33)34)15-14-28(6)19(23(30)18(17)2)8-9-22-27(5)16-20(31)24(32)26(3,4)21(27)11-12-29(22,28)7/h8,17-18,21-24,32H,9-16H2,1-7H3,(H,33,34)/t17-,18+,21+,22-,23+,24+,27?,28-,29-,30?/m1/s1. The molecule has 0 radical (unpaired) electrons. The van der Waals surface area contributed by atoms with Gasteiger partial charge in [0.1, 0.15) is 6.10 Å². The maximum absolute atomic E-state index is 13.1. The third kappa shape index (κ3) is 2.70. The lowest BCUT2D eigenvalue weighted by atomic mass is 9.33. The molecule has 4 nitrogen and oxygen atoms in total. The molecule has 0 aromatic heterocycles. The third-order valence-corrected chi connectivity index (χ3v) is 13.1. The van der Waals surface area contributed by atoms with Crippen molar-refractivity contribution in [1.82, 2.24) is 0 Å². The fourth-order valence-electron chi connectivity index (χ4n) is 10.8. The van der Waals surface area contributed by atoms with Gasteiger partial charge in [0.2, 0.25) is 0 Å². The quantitative estimate of drug-likeness (QED) is 0.443. The molecule has 0 bridgehead atoms. The molecule has 0 heterocycles. The average Bonchev–Trinajstić information content (AvgIpc) is 2.75. The van der Waals surface area contributed by atoms with Crippen LogP contribution in [0.25, 0.3) is 0 Å². The van der Waals surface area contributed by atoms with Crippen LogP contribution in [0.3, 0.4) is 0 Å². The Morgan fingerprint density at radius 3 is 2.29 bits per heavy atom. The number of aliphatic carboxylic acids is 1. The minimum atomic E-state index is -0.865. The van der Waals surface area contributed by atoms with E-state index in [1.54, 1.807) is 0 Å². The van der Waals surface area contributed by atoms with Crippen LogP contribution in [0.15, 0.2) is 11.6 Å². The molecule has 0 amide bonds. The third-order valence-electron chi connectivity index (χ3n) is 13.1. The van der Waals surface area contributed by atoms with Crippen molar-refractivity contribution in [2.45, 2.75) is 106 Å². The van der Waals surface area contributed by atoms with Gasteiger partial charge in [-0.1, -0.05) is 60.1 Å². The number of Topliss-reactive ketones (excluding diaryl/α,β-unsaturated/α-hetero) is 1. The number of aliphatic hydroxyl groups is 1. The molecule has 0 aliphatic heterocycles. The summed E-state index contributed by atoms with van der Waals surface area (Å²) in [6, 6.07) is 0. The number of rotatable bonds is 1. The first-order valence-corrected chi connectivity index (χ1v) is 13.8. The van der Waals surface area contributed by atoms with E-state index in [0.717, 1.165) is 44.9 Å². The Bertz CT molecular complexity index is 949. The number of allylic oxidation sites excluding steroid dienone is 2.